The second kappa shape index (κ2) is 6.11. The molecule has 120 valence electrons. The number of hydrogen-bond acceptors (Lipinski definition) is 2. The average Bonchev–Trinajstić information content (AvgIpc) is 2.65. The molecule has 1 aromatic rings. The van der Waals surface area contributed by atoms with Crippen LogP contribution in [0.1, 0.15) is 52.2 Å². The number of benzene rings is 1. The predicted molar refractivity (Wildman–Crippen MR) is 87.5 cm³/mol. The Morgan fingerprint density at radius 3 is 2.23 bits per heavy atom. The molecule has 0 radical (unpaired) electrons. The Labute approximate surface area is 132 Å². The van der Waals surface area contributed by atoms with E-state index in [1.165, 1.54) is 10.5 Å². The van der Waals surface area contributed by atoms with Crippen LogP contribution in [-0.4, -0.2) is 22.9 Å². The third-order valence-electron chi connectivity index (χ3n) is 3.97. The van der Waals surface area contributed by atoms with Crippen molar-refractivity contribution in [3.8, 4) is 0 Å². The molecule has 1 aromatic carbocycles. The minimum Gasteiger partial charge on any atom is -0.326 e. The van der Waals surface area contributed by atoms with Gasteiger partial charge in [-0.15, -0.1) is 0 Å². The number of imide groups is 1. The minimum absolute atomic E-state index is 0.0989. The highest BCUT2D eigenvalue weighted by Crippen LogP contribution is 2.23. The van der Waals surface area contributed by atoms with Crippen LogP contribution in [0.4, 0.5) is 4.79 Å². The Kier molecular flexibility index (Phi) is 4.59. The largest absolute Gasteiger partial charge is 0.326 e. The van der Waals surface area contributed by atoms with E-state index >= 15 is 0 Å². The highest BCUT2D eigenvalue weighted by Gasteiger charge is 2.37. The summed E-state index contributed by atoms with van der Waals surface area (Å²) in [6.07, 6.45) is 0.685. The molecule has 1 saturated heterocycles. The fraction of sp³-hybridized carbons (Fsp3) is 0.556. The highest BCUT2D eigenvalue weighted by atomic mass is 16.2. The van der Waals surface area contributed by atoms with E-state index in [9.17, 15) is 9.59 Å². The molecule has 1 aliphatic rings. The standard InChI is InChI=1S/C18H26N2O2/c1-12(2)10-15-16(21)20(17(22)19-15)11-13-6-8-14(9-7-13)18(3,4)5/h6-9,12,15H,10-11H2,1-5H3,(H,19,22). The summed E-state index contributed by atoms with van der Waals surface area (Å²) in [7, 11) is 0. The summed E-state index contributed by atoms with van der Waals surface area (Å²) in [5, 5.41) is 2.78. The van der Waals surface area contributed by atoms with Crippen molar-refractivity contribution in [3.63, 3.8) is 0 Å². The Balaban J connectivity index is 2.07. The molecule has 4 heteroatoms. The number of rotatable bonds is 4. The number of nitrogens with one attached hydrogen (secondary N) is 1. The van der Waals surface area contributed by atoms with Crippen molar-refractivity contribution in [1.82, 2.24) is 10.2 Å². The van der Waals surface area contributed by atoms with Gasteiger partial charge in [0.15, 0.2) is 0 Å². The Bertz CT molecular complexity index is 555. The number of hydrogen-bond donors (Lipinski definition) is 1. The van der Waals surface area contributed by atoms with Crippen LogP contribution in [0.3, 0.4) is 0 Å². The van der Waals surface area contributed by atoms with Crippen LogP contribution in [-0.2, 0) is 16.8 Å². The van der Waals surface area contributed by atoms with Gasteiger partial charge in [0.25, 0.3) is 5.91 Å². The van der Waals surface area contributed by atoms with Crippen molar-refractivity contribution in [2.45, 2.75) is 59.0 Å². The third kappa shape index (κ3) is 3.67. The van der Waals surface area contributed by atoms with Gasteiger partial charge in [-0.3, -0.25) is 9.69 Å². The molecule has 1 fully saturated rings. The fourth-order valence-corrected chi connectivity index (χ4v) is 2.65. The van der Waals surface area contributed by atoms with Gasteiger partial charge in [0.05, 0.1) is 6.54 Å². The number of urea groups is 1. The van der Waals surface area contributed by atoms with E-state index in [4.69, 9.17) is 0 Å². The zero-order valence-electron chi connectivity index (χ0n) is 14.1. The number of nitrogens with zero attached hydrogens (tertiary/aromatic N) is 1. The maximum Gasteiger partial charge on any atom is 0.325 e. The van der Waals surface area contributed by atoms with Crippen LogP contribution in [0.2, 0.25) is 0 Å². The van der Waals surface area contributed by atoms with Crippen LogP contribution in [0, 0.1) is 5.92 Å². The quantitative estimate of drug-likeness (QED) is 0.866. The molecule has 0 aromatic heterocycles. The Morgan fingerprint density at radius 2 is 1.73 bits per heavy atom. The maximum atomic E-state index is 12.3. The number of carbonyl (C=O) groups is 2. The lowest BCUT2D eigenvalue weighted by molar-refractivity contribution is -0.128. The lowest BCUT2D eigenvalue weighted by Crippen LogP contribution is -2.31. The molecule has 0 saturated carbocycles. The molecule has 4 nitrogen and oxygen atoms in total. The van der Waals surface area contributed by atoms with Gasteiger partial charge in [0.2, 0.25) is 0 Å². The van der Waals surface area contributed by atoms with Crippen LogP contribution in [0.5, 0.6) is 0 Å². The summed E-state index contributed by atoms with van der Waals surface area (Å²) in [4.78, 5) is 25.6. The van der Waals surface area contributed by atoms with E-state index in [0.29, 0.717) is 18.9 Å². The molecule has 3 amide bonds. The first-order valence-corrected chi connectivity index (χ1v) is 7.90. The van der Waals surface area contributed by atoms with Gasteiger partial charge in [-0.25, -0.2) is 4.79 Å². The number of carbonyl (C=O) groups excluding carboxylic acids is 2. The van der Waals surface area contributed by atoms with Crippen LogP contribution in [0.15, 0.2) is 24.3 Å². The fourth-order valence-electron chi connectivity index (χ4n) is 2.65. The molecule has 0 spiro atoms. The van der Waals surface area contributed by atoms with E-state index in [1.54, 1.807) is 0 Å². The Morgan fingerprint density at radius 1 is 1.14 bits per heavy atom. The molecule has 1 aliphatic heterocycles. The number of amides is 3. The van der Waals surface area contributed by atoms with E-state index in [1.807, 2.05) is 26.0 Å². The zero-order chi connectivity index (χ0) is 16.5. The van der Waals surface area contributed by atoms with Crippen molar-refractivity contribution >= 4 is 11.9 Å². The molecular weight excluding hydrogens is 276 g/mol. The predicted octanol–water partition coefficient (Wildman–Crippen LogP) is 3.45. The molecule has 0 aliphatic carbocycles. The van der Waals surface area contributed by atoms with Crippen molar-refractivity contribution in [3.05, 3.63) is 35.4 Å². The molecule has 0 bridgehead atoms. The monoisotopic (exact) mass is 302 g/mol. The lowest BCUT2D eigenvalue weighted by atomic mass is 9.87. The van der Waals surface area contributed by atoms with E-state index in [0.717, 1.165) is 5.56 Å². The van der Waals surface area contributed by atoms with Crippen molar-refractivity contribution in [1.29, 1.82) is 0 Å². The van der Waals surface area contributed by atoms with Crippen LogP contribution in [0.25, 0.3) is 0 Å². The second-order valence-electron chi connectivity index (χ2n) is 7.50. The van der Waals surface area contributed by atoms with E-state index < -0.39 is 0 Å². The van der Waals surface area contributed by atoms with Crippen LogP contribution < -0.4 is 5.32 Å². The molecule has 1 N–H and O–H groups in total. The van der Waals surface area contributed by atoms with Crippen molar-refractivity contribution < 1.29 is 9.59 Å². The first kappa shape index (κ1) is 16.5. The van der Waals surface area contributed by atoms with Gasteiger partial charge in [-0.1, -0.05) is 58.9 Å². The summed E-state index contributed by atoms with van der Waals surface area (Å²) in [6, 6.07) is 7.48. The van der Waals surface area contributed by atoms with Gasteiger partial charge in [0, 0.05) is 0 Å². The van der Waals surface area contributed by atoms with Gasteiger partial charge in [0.1, 0.15) is 6.04 Å². The van der Waals surface area contributed by atoms with Crippen molar-refractivity contribution in [2.75, 3.05) is 0 Å². The topological polar surface area (TPSA) is 49.4 Å². The summed E-state index contributed by atoms with van der Waals surface area (Å²) in [5.74, 6) is 0.263. The molecule has 1 unspecified atom stereocenters. The van der Waals surface area contributed by atoms with Gasteiger partial charge < -0.3 is 5.32 Å². The highest BCUT2D eigenvalue weighted by molar-refractivity contribution is 6.04. The molecule has 2 rings (SSSR count). The molecule has 22 heavy (non-hydrogen) atoms. The van der Waals surface area contributed by atoms with Gasteiger partial charge in [-0.05, 0) is 28.9 Å². The summed E-state index contributed by atoms with van der Waals surface area (Å²) < 4.78 is 0. The zero-order valence-corrected chi connectivity index (χ0v) is 14.1. The summed E-state index contributed by atoms with van der Waals surface area (Å²) in [5.41, 5.74) is 2.31. The SMILES string of the molecule is CC(C)CC1NC(=O)N(Cc2ccc(C(C)(C)C)cc2)C1=O. The summed E-state index contributed by atoms with van der Waals surface area (Å²) >= 11 is 0. The normalized spacial score (nSPS) is 19.0. The minimum atomic E-state index is -0.374. The second-order valence-corrected chi connectivity index (χ2v) is 7.50. The first-order valence-electron chi connectivity index (χ1n) is 7.90. The first-order chi connectivity index (χ1) is 10.2. The maximum absolute atomic E-state index is 12.3. The van der Waals surface area contributed by atoms with E-state index in [2.05, 4.69) is 38.2 Å². The van der Waals surface area contributed by atoms with Crippen LogP contribution >= 0.6 is 0 Å². The summed E-state index contributed by atoms with van der Waals surface area (Å²) in [6.45, 7) is 10.9. The Hall–Kier alpha value is -1.84. The van der Waals surface area contributed by atoms with Gasteiger partial charge >= 0.3 is 6.03 Å². The van der Waals surface area contributed by atoms with E-state index in [-0.39, 0.29) is 23.4 Å². The van der Waals surface area contributed by atoms with Crippen molar-refractivity contribution in [2.24, 2.45) is 5.92 Å². The average molecular weight is 302 g/mol. The smallest absolute Gasteiger partial charge is 0.325 e. The van der Waals surface area contributed by atoms with Gasteiger partial charge in [-0.2, -0.15) is 0 Å². The third-order valence-corrected chi connectivity index (χ3v) is 3.97. The molecule has 1 heterocycles. The molecular formula is C18H26N2O2. The molecule has 1 atom stereocenters. The lowest BCUT2D eigenvalue weighted by Gasteiger charge is -2.20.